The molecule has 2 amide bonds. The summed E-state index contributed by atoms with van der Waals surface area (Å²) in [6, 6.07) is 0.569. The fourth-order valence-corrected chi connectivity index (χ4v) is 7.37. The number of aliphatic hydroxyl groups excluding tert-OH is 1. The lowest BCUT2D eigenvalue weighted by atomic mass is 9.79. The number of piperazine rings is 1. The molecule has 1 saturated carbocycles. The van der Waals surface area contributed by atoms with Gasteiger partial charge in [0.05, 0.1) is 18.6 Å². The summed E-state index contributed by atoms with van der Waals surface area (Å²) in [6.07, 6.45) is 16.9. The van der Waals surface area contributed by atoms with Crippen LogP contribution in [0.25, 0.3) is 0 Å². The summed E-state index contributed by atoms with van der Waals surface area (Å²) >= 11 is 0. The summed E-state index contributed by atoms with van der Waals surface area (Å²) in [4.78, 5) is 58.0. The Labute approximate surface area is 298 Å². The highest BCUT2D eigenvalue weighted by Crippen LogP contribution is 2.30. The molecule has 4 rings (SSSR count). The first-order valence-electron chi connectivity index (χ1n) is 18.6. The molecule has 0 aromatic carbocycles. The van der Waals surface area contributed by atoms with E-state index in [1.165, 1.54) is 38.5 Å². The molecule has 0 aromatic heterocycles. The summed E-state index contributed by atoms with van der Waals surface area (Å²) in [6.45, 7) is 11.0. The van der Waals surface area contributed by atoms with Crippen molar-refractivity contribution in [3.05, 3.63) is 48.1 Å². The minimum atomic E-state index is -1.52. The lowest BCUT2D eigenvalue weighted by Crippen LogP contribution is -2.53. The molecule has 11 heteroatoms. The Morgan fingerprint density at radius 3 is 2.30 bits per heavy atom. The van der Waals surface area contributed by atoms with E-state index >= 15 is 0 Å². The molecule has 11 nitrogen and oxygen atoms in total. The topological polar surface area (TPSA) is 137 Å². The third-order valence-corrected chi connectivity index (χ3v) is 10.7. The number of aliphatic hydroxyl groups is 2. The molecule has 0 aromatic rings. The van der Waals surface area contributed by atoms with Gasteiger partial charge in [0.15, 0.2) is 6.10 Å². The number of ketones is 2. The molecule has 2 aliphatic heterocycles. The second-order valence-electron chi connectivity index (χ2n) is 15.0. The van der Waals surface area contributed by atoms with Crippen LogP contribution in [0.3, 0.4) is 0 Å². The number of carbonyl (C=O) groups is 4. The molecule has 0 spiro atoms. The molecule has 2 aliphatic carbocycles. The van der Waals surface area contributed by atoms with E-state index in [4.69, 9.17) is 9.47 Å². The molecule has 2 fully saturated rings. The number of carbonyl (C=O) groups excluding carboxylic acids is 4. The van der Waals surface area contributed by atoms with E-state index in [1.54, 1.807) is 48.0 Å². The fraction of sp³-hybridized carbons (Fsp3) is 0.692. The second-order valence-corrected chi connectivity index (χ2v) is 15.0. The van der Waals surface area contributed by atoms with Crippen LogP contribution in [-0.2, 0) is 19.1 Å². The Balaban J connectivity index is 1.43. The van der Waals surface area contributed by atoms with Crippen molar-refractivity contribution in [2.24, 2.45) is 17.8 Å². The van der Waals surface area contributed by atoms with E-state index in [0.29, 0.717) is 37.8 Å². The van der Waals surface area contributed by atoms with E-state index in [0.717, 1.165) is 13.1 Å². The van der Waals surface area contributed by atoms with E-state index in [-0.39, 0.29) is 37.9 Å². The maximum absolute atomic E-state index is 13.5. The molecule has 50 heavy (non-hydrogen) atoms. The third kappa shape index (κ3) is 11.4. The minimum Gasteiger partial charge on any atom is -0.449 e. The summed E-state index contributed by atoms with van der Waals surface area (Å²) in [7, 11) is 0. The zero-order chi connectivity index (χ0) is 36.3. The van der Waals surface area contributed by atoms with Gasteiger partial charge in [0.2, 0.25) is 11.6 Å². The van der Waals surface area contributed by atoms with Gasteiger partial charge in [-0.2, -0.15) is 0 Å². The zero-order valence-electron chi connectivity index (χ0n) is 30.5. The maximum atomic E-state index is 13.5. The zero-order valence-corrected chi connectivity index (χ0v) is 30.5. The summed E-state index contributed by atoms with van der Waals surface area (Å²) in [5.74, 6) is -2.67. The van der Waals surface area contributed by atoms with Crippen LogP contribution in [0.15, 0.2) is 48.1 Å². The van der Waals surface area contributed by atoms with Crippen LogP contribution in [0.4, 0.5) is 9.59 Å². The lowest BCUT2D eigenvalue weighted by molar-refractivity contribution is -0.140. The van der Waals surface area contributed by atoms with Crippen molar-refractivity contribution in [1.29, 1.82) is 0 Å². The van der Waals surface area contributed by atoms with Gasteiger partial charge in [-0.05, 0) is 51.5 Å². The Hall–Kier alpha value is -3.28. The number of allylic oxidation sites excluding steroid dienone is 4. The van der Waals surface area contributed by atoms with E-state index < -0.39 is 47.3 Å². The standard InChI is InChI=1S/C39H59N3O8/c1-28(27-49-37(46)41-20-9-10-21-41)12-11-13-29(2)35-30(3)16-17-34(39(4,48)19-18-32(43)26-33(44)36(35)45)50-38(47)42-24-22-40(23-25-42)31-14-7-5-6-8-15-31/h9-13,16-17,28,30-32,34-35,43,48H,5-8,14-15,18-27H2,1-4H3/b12-11+,17-16+,29-13+/t28-,30+,32+,34+,35-,39+/m1/s1. The fourth-order valence-electron chi connectivity index (χ4n) is 7.37. The van der Waals surface area contributed by atoms with Crippen LogP contribution in [0, 0.1) is 17.8 Å². The number of nitrogens with zero attached hydrogens (tertiary/aromatic N) is 3. The van der Waals surface area contributed by atoms with Gasteiger partial charge < -0.3 is 29.5 Å². The Morgan fingerprint density at radius 1 is 0.980 bits per heavy atom. The van der Waals surface area contributed by atoms with Crippen molar-refractivity contribution < 1.29 is 38.9 Å². The van der Waals surface area contributed by atoms with Gasteiger partial charge in [-0.1, -0.05) is 81.6 Å². The van der Waals surface area contributed by atoms with Crippen LogP contribution in [-0.4, -0.2) is 118 Å². The van der Waals surface area contributed by atoms with Crippen LogP contribution in [0.2, 0.25) is 0 Å². The van der Waals surface area contributed by atoms with Gasteiger partial charge in [-0.25, -0.2) is 9.59 Å². The quantitative estimate of drug-likeness (QED) is 0.159. The van der Waals surface area contributed by atoms with Gasteiger partial charge >= 0.3 is 12.2 Å². The number of amides is 2. The highest BCUT2D eigenvalue weighted by atomic mass is 16.6. The first kappa shape index (κ1) is 39.5. The third-order valence-electron chi connectivity index (χ3n) is 10.7. The van der Waals surface area contributed by atoms with E-state index in [2.05, 4.69) is 4.90 Å². The van der Waals surface area contributed by atoms with Crippen LogP contribution < -0.4 is 0 Å². The molecule has 278 valence electrons. The molecule has 0 radical (unpaired) electrons. The average molecular weight is 698 g/mol. The van der Waals surface area contributed by atoms with Crippen LogP contribution in [0.1, 0.15) is 85.5 Å². The van der Waals surface area contributed by atoms with E-state index in [9.17, 15) is 29.4 Å². The normalized spacial score (nSPS) is 31.2. The smallest absolute Gasteiger partial charge is 0.410 e. The first-order chi connectivity index (χ1) is 23.9. The molecule has 4 aliphatic rings. The molecular formula is C39H59N3O8. The molecule has 6 atom stereocenters. The predicted molar refractivity (Wildman–Crippen MR) is 191 cm³/mol. The summed E-state index contributed by atoms with van der Waals surface area (Å²) in [5, 5.41) is 22.2. The number of rotatable bonds is 7. The van der Waals surface area contributed by atoms with Crippen LogP contribution >= 0.6 is 0 Å². The lowest BCUT2D eigenvalue weighted by Gasteiger charge is -2.40. The van der Waals surface area contributed by atoms with Crippen molar-refractivity contribution in [3.8, 4) is 0 Å². The highest BCUT2D eigenvalue weighted by molar-refractivity contribution is 6.38. The maximum Gasteiger partial charge on any atom is 0.410 e. The van der Waals surface area contributed by atoms with Crippen molar-refractivity contribution in [2.75, 3.05) is 45.9 Å². The highest BCUT2D eigenvalue weighted by Gasteiger charge is 2.38. The average Bonchev–Trinajstić information content (AvgIpc) is 3.50. The molecular weight excluding hydrogens is 638 g/mol. The molecule has 2 N–H and O–H groups in total. The summed E-state index contributed by atoms with van der Waals surface area (Å²) in [5.41, 5.74) is -0.877. The Kier molecular flexibility index (Phi) is 14.9. The van der Waals surface area contributed by atoms with Crippen molar-refractivity contribution in [1.82, 2.24) is 14.7 Å². The van der Waals surface area contributed by atoms with Gasteiger partial charge in [0.1, 0.15) is 5.60 Å². The van der Waals surface area contributed by atoms with E-state index in [1.807, 2.05) is 32.1 Å². The Bertz CT molecular complexity index is 1280. The monoisotopic (exact) mass is 697 g/mol. The number of Topliss-reactive ketones (excluding diaryl/α,β-unsaturated/α-hetero) is 2. The second kappa shape index (κ2) is 18.8. The van der Waals surface area contributed by atoms with Crippen molar-refractivity contribution in [3.63, 3.8) is 0 Å². The van der Waals surface area contributed by atoms with Gasteiger partial charge in [-0.15, -0.1) is 0 Å². The largest absolute Gasteiger partial charge is 0.449 e. The van der Waals surface area contributed by atoms with Gasteiger partial charge in [0.25, 0.3) is 0 Å². The molecule has 2 heterocycles. The van der Waals surface area contributed by atoms with Crippen molar-refractivity contribution >= 4 is 23.8 Å². The predicted octanol–water partition coefficient (Wildman–Crippen LogP) is 5.22. The molecule has 0 bridgehead atoms. The first-order valence-corrected chi connectivity index (χ1v) is 18.6. The number of hydrogen-bond acceptors (Lipinski definition) is 9. The van der Waals surface area contributed by atoms with Crippen molar-refractivity contribution in [2.45, 2.75) is 109 Å². The minimum absolute atomic E-state index is 0.0580. The van der Waals surface area contributed by atoms with Gasteiger partial charge in [0, 0.05) is 57.6 Å². The number of hydrogen-bond donors (Lipinski definition) is 2. The van der Waals surface area contributed by atoms with Crippen LogP contribution in [0.5, 0.6) is 0 Å². The Morgan fingerprint density at radius 2 is 1.64 bits per heavy atom. The molecule has 0 unspecified atom stereocenters. The van der Waals surface area contributed by atoms with Gasteiger partial charge in [-0.3, -0.25) is 14.5 Å². The molecule has 1 saturated heterocycles. The number of ether oxygens (including phenoxy) is 2. The summed E-state index contributed by atoms with van der Waals surface area (Å²) < 4.78 is 11.4. The SMILES string of the molecule is C/C(=C\C=C\[C@@H](C)COC(=O)N1CC=CC1)[C@H]1C(=O)C(=O)C[C@@H](O)CC[C@](C)(O)[C@@H](OC(=O)N2CCN(C3CCCCCC3)CC2)/C=C/[C@@H]1C.